The van der Waals surface area contributed by atoms with Gasteiger partial charge in [-0.1, -0.05) is 29.8 Å². The molecule has 2 aromatic carbocycles. The van der Waals surface area contributed by atoms with Crippen LogP contribution in [-0.2, 0) is 20.0 Å². The molecule has 0 atom stereocenters. The van der Waals surface area contributed by atoms with E-state index in [4.69, 9.17) is 11.6 Å². The fraction of sp³-hybridized carbons (Fsp3) is 0.294. The third-order valence-corrected chi connectivity index (χ3v) is 7.98. The van der Waals surface area contributed by atoms with Gasteiger partial charge in [-0.2, -0.15) is 4.31 Å². The van der Waals surface area contributed by atoms with Crippen LogP contribution in [0.3, 0.4) is 0 Å². The Morgan fingerprint density at radius 1 is 0.846 bits per heavy atom. The van der Waals surface area contributed by atoms with Gasteiger partial charge >= 0.3 is 0 Å². The lowest BCUT2D eigenvalue weighted by Crippen LogP contribution is -2.46. The molecule has 0 aliphatic carbocycles. The lowest BCUT2D eigenvalue weighted by atomic mass is 10.1. The summed E-state index contributed by atoms with van der Waals surface area (Å²) in [6.45, 7) is 0.514. The number of benzene rings is 2. The minimum atomic E-state index is -3.60. The lowest BCUT2D eigenvalue weighted by Gasteiger charge is -2.31. The molecule has 1 aliphatic rings. The number of piperidine rings is 1. The van der Waals surface area contributed by atoms with Gasteiger partial charge in [-0.05, 0) is 49.2 Å². The largest absolute Gasteiger partial charge is 0.243 e. The maximum atomic E-state index is 12.7. The Bertz CT molecular complexity index is 954. The first-order valence-corrected chi connectivity index (χ1v) is 11.4. The van der Waals surface area contributed by atoms with E-state index in [1.165, 1.54) is 40.7 Å². The molecule has 6 nitrogen and oxygen atoms in total. The molecule has 0 amide bonds. The van der Waals surface area contributed by atoms with Crippen molar-refractivity contribution in [3.05, 3.63) is 59.6 Å². The molecule has 0 saturated carbocycles. The van der Waals surface area contributed by atoms with E-state index < -0.39 is 20.0 Å². The number of halogens is 1. The summed E-state index contributed by atoms with van der Waals surface area (Å²) in [5.41, 5.74) is 0. The highest BCUT2D eigenvalue weighted by Gasteiger charge is 2.31. The van der Waals surface area contributed by atoms with Crippen LogP contribution < -0.4 is 4.72 Å². The topological polar surface area (TPSA) is 83.6 Å². The Kier molecular flexibility index (Phi) is 5.69. The SMILES string of the molecule is O=S(=O)(NC1CCN(S(=O)(=O)c2ccc(Cl)cc2)CC1)c1ccccc1. The van der Waals surface area contributed by atoms with Gasteiger partial charge < -0.3 is 0 Å². The normalized spacial score (nSPS) is 17.3. The van der Waals surface area contributed by atoms with Gasteiger partial charge in [0.05, 0.1) is 9.79 Å². The van der Waals surface area contributed by atoms with Crippen LogP contribution in [0.4, 0.5) is 0 Å². The van der Waals surface area contributed by atoms with Crippen LogP contribution in [-0.4, -0.2) is 40.3 Å². The molecule has 3 rings (SSSR count). The highest BCUT2D eigenvalue weighted by Crippen LogP contribution is 2.23. The average molecular weight is 415 g/mol. The van der Waals surface area contributed by atoms with Crippen LogP contribution in [0.1, 0.15) is 12.8 Å². The number of hydrogen-bond acceptors (Lipinski definition) is 4. The van der Waals surface area contributed by atoms with Crippen molar-refractivity contribution in [1.29, 1.82) is 0 Å². The van der Waals surface area contributed by atoms with E-state index in [1.807, 2.05) is 0 Å². The predicted octanol–water partition coefficient (Wildman–Crippen LogP) is 2.47. The molecule has 1 aliphatic heterocycles. The number of rotatable bonds is 5. The molecule has 1 heterocycles. The molecular weight excluding hydrogens is 396 g/mol. The zero-order valence-corrected chi connectivity index (χ0v) is 16.3. The molecule has 0 unspecified atom stereocenters. The summed E-state index contributed by atoms with van der Waals surface area (Å²) in [6, 6.07) is 13.9. The maximum Gasteiger partial charge on any atom is 0.243 e. The summed E-state index contributed by atoms with van der Waals surface area (Å²) in [6.07, 6.45) is 0.831. The Labute approximate surface area is 158 Å². The van der Waals surface area contributed by atoms with Crippen LogP contribution in [0.2, 0.25) is 5.02 Å². The van der Waals surface area contributed by atoms with Gasteiger partial charge in [-0.3, -0.25) is 0 Å². The van der Waals surface area contributed by atoms with Crippen LogP contribution in [0.5, 0.6) is 0 Å². The molecule has 9 heteroatoms. The molecule has 26 heavy (non-hydrogen) atoms. The van der Waals surface area contributed by atoms with Gasteiger partial charge in [0, 0.05) is 24.2 Å². The average Bonchev–Trinajstić information content (AvgIpc) is 2.63. The molecule has 0 spiro atoms. The third-order valence-electron chi connectivity index (χ3n) is 4.28. The fourth-order valence-electron chi connectivity index (χ4n) is 2.86. The van der Waals surface area contributed by atoms with Crippen molar-refractivity contribution in [1.82, 2.24) is 9.03 Å². The fourth-order valence-corrected chi connectivity index (χ4v) is 5.78. The first-order valence-electron chi connectivity index (χ1n) is 8.12. The zero-order valence-electron chi connectivity index (χ0n) is 13.9. The second-order valence-electron chi connectivity index (χ2n) is 6.07. The summed E-state index contributed by atoms with van der Waals surface area (Å²) in [4.78, 5) is 0.390. The molecule has 1 saturated heterocycles. The van der Waals surface area contributed by atoms with Gasteiger partial charge in [-0.25, -0.2) is 21.6 Å². The van der Waals surface area contributed by atoms with Gasteiger partial charge in [0.25, 0.3) is 0 Å². The van der Waals surface area contributed by atoms with Crippen molar-refractivity contribution < 1.29 is 16.8 Å². The van der Waals surface area contributed by atoms with Crippen molar-refractivity contribution in [2.45, 2.75) is 28.7 Å². The molecule has 140 valence electrons. The smallest absolute Gasteiger partial charge is 0.208 e. The molecule has 0 bridgehead atoms. The number of nitrogens with one attached hydrogen (secondary N) is 1. The molecule has 2 aromatic rings. The van der Waals surface area contributed by atoms with E-state index >= 15 is 0 Å². The Balaban J connectivity index is 1.65. The van der Waals surface area contributed by atoms with E-state index in [0.29, 0.717) is 17.9 Å². The van der Waals surface area contributed by atoms with Crippen LogP contribution in [0, 0.1) is 0 Å². The van der Waals surface area contributed by atoms with E-state index in [1.54, 1.807) is 18.2 Å². The molecule has 1 N–H and O–H groups in total. The monoisotopic (exact) mass is 414 g/mol. The molecule has 0 radical (unpaired) electrons. The molecule has 0 aromatic heterocycles. The second kappa shape index (κ2) is 7.66. The predicted molar refractivity (Wildman–Crippen MR) is 100.0 cm³/mol. The van der Waals surface area contributed by atoms with Crippen LogP contribution >= 0.6 is 11.6 Å². The van der Waals surface area contributed by atoms with Gasteiger partial charge in [0.2, 0.25) is 20.0 Å². The maximum absolute atomic E-state index is 12.7. The van der Waals surface area contributed by atoms with Crippen molar-refractivity contribution >= 4 is 31.6 Å². The molecule has 1 fully saturated rings. The third kappa shape index (κ3) is 4.27. The Hall–Kier alpha value is -1.45. The highest BCUT2D eigenvalue weighted by molar-refractivity contribution is 7.89. The quantitative estimate of drug-likeness (QED) is 0.814. The number of nitrogens with zero attached hydrogens (tertiary/aromatic N) is 1. The van der Waals surface area contributed by atoms with Crippen molar-refractivity contribution in [2.24, 2.45) is 0 Å². The standard InChI is InChI=1S/C17H19ClN2O4S2/c18-14-6-8-17(9-7-14)26(23,24)20-12-10-15(11-13-20)19-25(21,22)16-4-2-1-3-5-16/h1-9,15,19H,10-13H2. The summed E-state index contributed by atoms with van der Waals surface area (Å²) in [5, 5.41) is 0.470. The van der Waals surface area contributed by atoms with Gasteiger partial charge in [0.1, 0.15) is 0 Å². The minimum Gasteiger partial charge on any atom is -0.208 e. The van der Waals surface area contributed by atoms with E-state index in [9.17, 15) is 16.8 Å². The number of sulfonamides is 2. The summed E-state index contributed by atoms with van der Waals surface area (Å²) in [7, 11) is -7.20. The van der Waals surface area contributed by atoms with Crippen molar-refractivity contribution in [3.8, 4) is 0 Å². The molecular formula is C17H19ClN2O4S2. The summed E-state index contributed by atoms with van der Waals surface area (Å²) < 4.78 is 54.1. The van der Waals surface area contributed by atoms with Crippen molar-refractivity contribution in [2.75, 3.05) is 13.1 Å². The van der Waals surface area contributed by atoms with Crippen LogP contribution in [0.15, 0.2) is 64.4 Å². The van der Waals surface area contributed by atoms with Gasteiger partial charge in [0.15, 0.2) is 0 Å². The first kappa shape index (κ1) is 19.3. The van der Waals surface area contributed by atoms with E-state index in [2.05, 4.69) is 4.72 Å². The summed E-state index contributed by atoms with van der Waals surface area (Å²) in [5.74, 6) is 0. The van der Waals surface area contributed by atoms with E-state index in [0.717, 1.165) is 0 Å². The van der Waals surface area contributed by atoms with Gasteiger partial charge in [-0.15, -0.1) is 0 Å². The summed E-state index contributed by atoms with van der Waals surface area (Å²) >= 11 is 5.81. The second-order valence-corrected chi connectivity index (χ2v) is 10.2. The van der Waals surface area contributed by atoms with Crippen molar-refractivity contribution in [3.63, 3.8) is 0 Å². The highest BCUT2D eigenvalue weighted by atomic mass is 35.5. The minimum absolute atomic E-state index is 0.185. The van der Waals surface area contributed by atoms with E-state index in [-0.39, 0.29) is 28.9 Å². The Morgan fingerprint density at radius 2 is 1.42 bits per heavy atom. The zero-order chi connectivity index (χ0) is 18.8. The Morgan fingerprint density at radius 3 is 2.00 bits per heavy atom. The van der Waals surface area contributed by atoms with Crippen LogP contribution in [0.25, 0.3) is 0 Å². The first-order chi connectivity index (χ1) is 12.3. The lowest BCUT2D eigenvalue weighted by molar-refractivity contribution is 0.308. The number of hydrogen-bond donors (Lipinski definition) is 1.